The number of halogens is 1. The summed E-state index contributed by atoms with van der Waals surface area (Å²) in [7, 11) is 0. The molecular formula is C20H28ClN3O2. The molecule has 1 aliphatic heterocycles. The Morgan fingerprint density at radius 3 is 2.54 bits per heavy atom. The fourth-order valence-electron chi connectivity index (χ4n) is 3.19. The van der Waals surface area contributed by atoms with Crippen LogP contribution in [0, 0.1) is 11.3 Å². The zero-order valence-corrected chi connectivity index (χ0v) is 16.4. The van der Waals surface area contributed by atoms with E-state index in [-0.39, 0.29) is 16.8 Å². The highest BCUT2D eigenvalue weighted by Gasteiger charge is 2.32. The van der Waals surface area contributed by atoms with Gasteiger partial charge in [0.05, 0.1) is 17.2 Å². The lowest BCUT2D eigenvalue weighted by atomic mass is 9.95. The summed E-state index contributed by atoms with van der Waals surface area (Å²) in [5, 5.41) is 10.6. The lowest BCUT2D eigenvalue weighted by Crippen LogP contribution is -2.24. The van der Waals surface area contributed by atoms with E-state index in [1.807, 2.05) is 31.2 Å². The second-order valence-electron chi connectivity index (χ2n) is 6.84. The summed E-state index contributed by atoms with van der Waals surface area (Å²) >= 11 is 6.03. The standard InChI is InChI=1S/C20H28ClN3O2/c1-4-6-16(22)17(21)18(23)20(25)24-14-9-7-13(8-10-14)19-12(3)11-15(5-2)26-19/h7-10,12,15,19,23H,4-6,11,22H2,1-3H3,(H,24,25)/t12-,15+,19-/m0/s1. The molecule has 0 bridgehead atoms. The van der Waals surface area contributed by atoms with Crippen LogP contribution in [0.15, 0.2) is 35.0 Å². The molecule has 0 unspecified atom stereocenters. The van der Waals surface area contributed by atoms with Crippen LogP contribution in [0.3, 0.4) is 0 Å². The Morgan fingerprint density at radius 2 is 2.00 bits per heavy atom. The molecule has 0 spiro atoms. The first-order valence-corrected chi connectivity index (χ1v) is 9.54. The van der Waals surface area contributed by atoms with E-state index in [0.29, 0.717) is 29.8 Å². The molecule has 0 radical (unpaired) electrons. The van der Waals surface area contributed by atoms with Crippen molar-refractivity contribution in [2.24, 2.45) is 11.7 Å². The predicted molar refractivity (Wildman–Crippen MR) is 106 cm³/mol. The number of anilines is 1. The molecule has 0 saturated carbocycles. The molecule has 6 heteroatoms. The largest absolute Gasteiger partial charge is 0.401 e. The molecule has 1 fully saturated rings. The van der Waals surface area contributed by atoms with Crippen molar-refractivity contribution >= 4 is 28.9 Å². The summed E-state index contributed by atoms with van der Waals surface area (Å²) in [5.41, 5.74) is 7.56. The van der Waals surface area contributed by atoms with Crippen molar-refractivity contribution in [2.45, 2.75) is 58.7 Å². The highest BCUT2D eigenvalue weighted by Crippen LogP contribution is 2.39. The van der Waals surface area contributed by atoms with Gasteiger partial charge in [-0.15, -0.1) is 0 Å². The molecule has 0 aliphatic carbocycles. The summed E-state index contributed by atoms with van der Waals surface area (Å²) in [6.45, 7) is 6.30. The number of hydrogen-bond acceptors (Lipinski definition) is 4. The van der Waals surface area contributed by atoms with Crippen LogP contribution in [-0.2, 0) is 9.53 Å². The average molecular weight is 378 g/mol. The molecule has 2 rings (SSSR count). The highest BCUT2D eigenvalue weighted by atomic mass is 35.5. The SMILES string of the molecule is CCCC(N)=C(Cl)C(=N)C(=O)Nc1ccc([C@H]2O[C@H](CC)C[C@@H]2C)cc1. The first-order valence-electron chi connectivity index (χ1n) is 9.17. The predicted octanol–water partition coefficient (Wildman–Crippen LogP) is 4.73. The number of hydrogen-bond donors (Lipinski definition) is 3. The van der Waals surface area contributed by atoms with Crippen molar-refractivity contribution in [1.82, 2.24) is 0 Å². The molecule has 5 nitrogen and oxygen atoms in total. The third-order valence-electron chi connectivity index (χ3n) is 4.69. The fraction of sp³-hybridized carbons (Fsp3) is 0.500. The Balaban J connectivity index is 2.02. The minimum absolute atomic E-state index is 0.0137. The maximum absolute atomic E-state index is 12.2. The molecule has 26 heavy (non-hydrogen) atoms. The van der Waals surface area contributed by atoms with Crippen LogP contribution >= 0.6 is 11.6 Å². The molecular weight excluding hydrogens is 350 g/mol. The zero-order valence-electron chi connectivity index (χ0n) is 15.6. The molecule has 1 aliphatic rings. The van der Waals surface area contributed by atoms with Crippen LogP contribution in [0.1, 0.15) is 58.1 Å². The Labute approximate surface area is 160 Å². The van der Waals surface area contributed by atoms with Crippen molar-refractivity contribution in [3.63, 3.8) is 0 Å². The number of carbonyl (C=O) groups is 1. The maximum atomic E-state index is 12.2. The summed E-state index contributed by atoms with van der Waals surface area (Å²) in [6, 6.07) is 7.56. The first-order chi connectivity index (χ1) is 12.4. The fourth-order valence-corrected chi connectivity index (χ4v) is 3.37. The summed E-state index contributed by atoms with van der Waals surface area (Å²) < 4.78 is 6.09. The summed E-state index contributed by atoms with van der Waals surface area (Å²) in [5.74, 6) is -0.0996. The van der Waals surface area contributed by atoms with Gasteiger partial charge in [0.1, 0.15) is 5.71 Å². The molecule has 1 aromatic carbocycles. The van der Waals surface area contributed by atoms with Gasteiger partial charge < -0.3 is 15.8 Å². The highest BCUT2D eigenvalue weighted by molar-refractivity contribution is 6.60. The molecule has 4 N–H and O–H groups in total. The molecule has 1 heterocycles. The Hall–Kier alpha value is -1.85. The Morgan fingerprint density at radius 1 is 1.35 bits per heavy atom. The summed E-state index contributed by atoms with van der Waals surface area (Å²) in [4.78, 5) is 12.2. The van der Waals surface area contributed by atoms with E-state index in [0.717, 1.165) is 24.8 Å². The van der Waals surface area contributed by atoms with Gasteiger partial charge in [-0.25, -0.2) is 0 Å². The van der Waals surface area contributed by atoms with E-state index >= 15 is 0 Å². The number of amides is 1. The average Bonchev–Trinajstić information content (AvgIpc) is 3.02. The van der Waals surface area contributed by atoms with E-state index in [1.165, 1.54) is 0 Å². The van der Waals surface area contributed by atoms with Gasteiger partial charge in [0.15, 0.2) is 0 Å². The normalized spacial score (nSPS) is 23.5. The van der Waals surface area contributed by atoms with Crippen LogP contribution in [-0.4, -0.2) is 17.7 Å². The van der Waals surface area contributed by atoms with E-state index in [9.17, 15) is 4.79 Å². The Kier molecular flexibility index (Phi) is 7.23. The Bertz CT molecular complexity index is 685. The molecule has 1 aromatic rings. The second-order valence-corrected chi connectivity index (χ2v) is 7.22. The lowest BCUT2D eigenvalue weighted by Gasteiger charge is -2.16. The van der Waals surface area contributed by atoms with E-state index in [4.69, 9.17) is 27.5 Å². The van der Waals surface area contributed by atoms with Gasteiger partial charge >= 0.3 is 0 Å². The van der Waals surface area contributed by atoms with Gasteiger partial charge in [-0.1, -0.05) is 50.9 Å². The molecule has 1 amide bonds. The third kappa shape index (κ3) is 4.86. The van der Waals surface area contributed by atoms with Crippen molar-refractivity contribution in [1.29, 1.82) is 5.41 Å². The maximum Gasteiger partial charge on any atom is 0.275 e. The summed E-state index contributed by atoms with van der Waals surface area (Å²) in [6.07, 6.45) is 3.86. The number of allylic oxidation sites excluding steroid dienone is 1. The van der Waals surface area contributed by atoms with Gasteiger partial charge in [-0.05, 0) is 42.9 Å². The van der Waals surface area contributed by atoms with Crippen LogP contribution in [0.4, 0.5) is 5.69 Å². The van der Waals surface area contributed by atoms with Gasteiger partial charge in [-0.3, -0.25) is 10.2 Å². The second kappa shape index (κ2) is 9.19. The quantitative estimate of drug-likeness (QED) is 0.600. The molecule has 1 saturated heterocycles. The van der Waals surface area contributed by atoms with Gasteiger partial charge in [0, 0.05) is 11.4 Å². The van der Waals surface area contributed by atoms with Crippen LogP contribution in [0.25, 0.3) is 0 Å². The van der Waals surface area contributed by atoms with E-state index in [1.54, 1.807) is 0 Å². The smallest absolute Gasteiger partial charge is 0.275 e. The van der Waals surface area contributed by atoms with Crippen molar-refractivity contribution in [2.75, 3.05) is 5.32 Å². The minimum Gasteiger partial charge on any atom is -0.401 e. The number of benzene rings is 1. The van der Waals surface area contributed by atoms with Crippen molar-refractivity contribution in [3.8, 4) is 0 Å². The number of ether oxygens (including phenoxy) is 1. The van der Waals surface area contributed by atoms with Gasteiger partial charge in [0.2, 0.25) is 0 Å². The number of nitrogens with two attached hydrogens (primary N) is 1. The van der Waals surface area contributed by atoms with Crippen molar-refractivity contribution < 1.29 is 9.53 Å². The number of carbonyl (C=O) groups excluding carboxylic acids is 1. The topological polar surface area (TPSA) is 88.2 Å². The third-order valence-corrected chi connectivity index (χ3v) is 5.12. The van der Waals surface area contributed by atoms with Crippen LogP contribution in [0.5, 0.6) is 0 Å². The van der Waals surface area contributed by atoms with E-state index in [2.05, 4.69) is 19.2 Å². The van der Waals surface area contributed by atoms with Gasteiger partial charge in [-0.2, -0.15) is 0 Å². The van der Waals surface area contributed by atoms with Crippen molar-refractivity contribution in [3.05, 3.63) is 40.6 Å². The molecule has 0 aromatic heterocycles. The number of rotatable bonds is 7. The number of nitrogens with one attached hydrogen (secondary N) is 2. The minimum atomic E-state index is -0.571. The van der Waals surface area contributed by atoms with Crippen LogP contribution in [0.2, 0.25) is 0 Å². The van der Waals surface area contributed by atoms with E-state index < -0.39 is 5.91 Å². The monoisotopic (exact) mass is 377 g/mol. The zero-order chi connectivity index (χ0) is 19.3. The lowest BCUT2D eigenvalue weighted by molar-refractivity contribution is -0.110. The molecule has 142 valence electrons. The first kappa shape index (κ1) is 20.5. The molecule has 3 atom stereocenters. The van der Waals surface area contributed by atoms with Crippen LogP contribution < -0.4 is 11.1 Å². The van der Waals surface area contributed by atoms with Gasteiger partial charge in [0.25, 0.3) is 5.91 Å².